The van der Waals surface area contributed by atoms with Crippen LogP contribution >= 0.6 is 11.8 Å². The van der Waals surface area contributed by atoms with Gasteiger partial charge >= 0.3 is 0 Å². The first-order valence-electron chi connectivity index (χ1n) is 4.47. The first-order valence-corrected chi connectivity index (χ1v) is 5.45. The molecule has 0 aliphatic carbocycles. The molecule has 0 radical (unpaired) electrons. The van der Waals surface area contributed by atoms with E-state index in [2.05, 4.69) is 10.1 Å². The molecule has 0 aromatic carbocycles. The number of nitrogens with two attached hydrogens (primary N) is 1. The number of hydrogen-bond acceptors (Lipinski definition) is 7. The lowest BCUT2D eigenvalue weighted by Crippen LogP contribution is -2.17. The molecule has 17 heavy (non-hydrogen) atoms. The lowest BCUT2D eigenvalue weighted by Gasteiger charge is -2.03. The Morgan fingerprint density at radius 1 is 1.65 bits per heavy atom. The number of rotatable bonds is 5. The number of amidine groups is 1. The summed E-state index contributed by atoms with van der Waals surface area (Å²) in [5, 5.41) is 31.0. The van der Waals surface area contributed by atoms with Crippen LogP contribution in [0.1, 0.15) is 5.69 Å². The number of pyridine rings is 1. The van der Waals surface area contributed by atoms with E-state index in [1.807, 2.05) is 0 Å². The summed E-state index contributed by atoms with van der Waals surface area (Å²) < 4.78 is 0. The predicted octanol–water partition coefficient (Wildman–Crippen LogP) is 0.169. The Morgan fingerprint density at radius 2 is 2.35 bits per heavy atom. The number of aliphatic hydroxyl groups is 1. The van der Waals surface area contributed by atoms with Crippen molar-refractivity contribution in [2.24, 2.45) is 10.9 Å². The summed E-state index contributed by atoms with van der Waals surface area (Å²) in [5.74, 6) is -0.0244. The van der Waals surface area contributed by atoms with Crippen molar-refractivity contribution in [1.82, 2.24) is 4.98 Å². The Bertz CT molecular complexity index is 451. The largest absolute Gasteiger partial charge is 0.409 e. The third-order valence-electron chi connectivity index (χ3n) is 1.74. The maximum absolute atomic E-state index is 10.7. The fraction of sp³-hybridized carbons (Fsp3) is 0.250. The molecule has 4 N–H and O–H groups in total. The molecule has 0 saturated heterocycles. The van der Waals surface area contributed by atoms with Gasteiger partial charge in [-0.2, -0.15) is 0 Å². The van der Waals surface area contributed by atoms with Gasteiger partial charge in [0, 0.05) is 11.8 Å². The molecule has 0 unspecified atom stereocenters. The highest BCUT2D eigenvalue weighted by Gasteiger charge is 2.19. The van der Waals surface area contributed by atoms with Crippen LogP contribution in [-0.4, -0.2) is 38.4 Å². The summed E-state index contributed by atoms with van der Waals surface area (Å²) in [6.07, 6.45) is 0. The van der Waals surface area contributed by atoms with Gasteiger partial charge in [0.05, 0.1) is 16.6 Å². The van der Waals surface area contributed by atoms with Crippen molar-refractivity contribution in [2.75, 3.05) is 12.4 Å². The molecule has 92 valence electrons. The molecule has 0 saturated carbocycles. The summed E-state index contributed by atoms with van der Waals surface area (Å²) in [6, 6.07) is 2.66. The standard InChI is InChI=1S/C8H10N4O4S/c9-8(11-14)7-5(12(15)16)1-2-6(10-7)17-4-3-13/h1-2,13-14H,3-4H2,(H2,9,11). The second-order valence-electron chi connectivity index (χ2n) is 2.83. The smallest absolute Gasteiger partial charge is 0.298 e. The second-order valence-corrected chi connectivity index (χ2v) is 3.95. The zero-order chi connectivity index (χ0) is 12.8. The maximum atomic E-state index is 10.7. The van der Waals surface area contributed by atoms with E-state index in [4.69, 9.17) is 16.0 Å². The predicted molar refractivity (Wildman–Crippen MR) is 61.2 cm³/mol. The Morgan fingerprint density at radius 3 is 2.88 bits per heavy atom. The van der Waals surface area contributed by atoms with E-state index in [-0.39, 0.29) is 18.0 Å². The number of hydrogen-bond donors (Lipinski definition) is 3. The molecular formula is C8H10N4O4S. The third-order valence-corrected chi connectivity index (χ3v) is 2.65. The fourth-order valence-corrected chi connectivity index (χ4v) is 1.67. The van der Waals surface area contributed by atoms with Crippen LogP contribution in [0.3, 0.4) is 0 Å². The lowest BCUT2D eigenvalue weighted by molar-refractivity contribution is -0.385. The van der Waals surface area contributed by atoms with E-state index in [0.29, 0.717) is 10.8 Å². The van der Waals surface area contributed by atoms with Crippen LogP contribution < -0.4 is 5.73 Å². The maximum Gasteiger partial charge on any atom is 0.298 e. The molecule has 9 heteroatoms. The Kier molecular flexibility index (Phi) is 4.67. The average molecular weight is 258 g/mol. The molecule has 1 rings (SSSR count). The van der Waals surface area contributed by atoms with Crippen LogP contribution in [0.2, 0.25) is 0 Å². The molecule has 1 aromatic heterocycles. The minimum Gasteiger partial charge on any atom is -0.409 e. The molecule has 8 nitrogen and oxygen atoms in total. The topological polar surface area (TPSA) is 135 Å². The minimum atomic E-state index is -0.666. The number of oxime groups is 1. The molecule has 0 spiro atoms. The van der Waals surface area contributed by atoms with E-state index in [0.717, 1.165) is 0 Å². The van der Waals surface area contributed by atoms with Crippen LogP contribution in [0.4, 0.5) is 5.69 Å². The monoisotopic (exact) mass is 258 g/mol. The molecule has 0 atom stereocenters. The van der Waals surface area contributed by atoms with Gasteiger partial charge in [-0.05, 0) is 6.07 Å². The van der Waals surface area contributed by atoms with Gasteiger partial charge in [-0.1, -0.05) is 5.16 Å². The normalized spacial score (nSPS) is 11.5. The highest BCUT2D eigenvalue weighted by Crippen LogP contribution is 2.22. The van der Waals surface area contributed by atoms with Crippen LogP contribution in [0.5, 0.6) is 0 Å². The lowest BCUT2D eigenvalue weighted by atomic mass is 10.3. The van der Waals surface area contributed by atoms with Crippen molar-refractivity contribution in [2.45, 2.75) is 5.03 Å². The summed E-state index contributed by atoms with van der Waals surface area (Å²) in [5.41, 5.74) is 4.77. The van der Waals surface area contributed by atoms with E-state index in [1.54, 1.807) is 0 Å². The van der Waals surface area contributed by atoms with Gasteiger partial charge in [-0.25, -0.2) is 4.98 Å². The van der Waals surface area contributed by atoms with Crippen LogP contribution in [0, 0.1) is 10.1 Å². The van der Waals surface area contributed by atoms with E-state index in [9.17, 15) is 10.1 Å². The Balaban J connectivity index is 3.15. The summed E-state index contributed by atoms with van der Waals surface area (Å²) in [7, 11) is 0. The molecule has 0 bridgehead atoms. The molecule has 0 aliphatic rings. The molecule has 1 heterocycles. The number of aliphatic hydroxyl groups excluding tert-OH is 1. The molecular weight excluding hydrogens is 248 g/mol. The van der Waals surface area contributed by atoms with E-state index < -0.39 is 10.8 Å². The Hall–Kier alpha value is -1.87. The summed E-state index contributed by atoms with van der Waals surface area (Å²) in [6.45, 7) is -0.0394. The van der Waals surface area contributed by atoms with Gasteiger partial charge in [0.2, 0.25) is 0 Å². The molecule has 0 aliphatic heterocycles. The zero-order valence-corrected chi connectivity index (χ0v) is 9.42. The first-order chi connectivity index (χ1) is 8.10. The molecule has 0 fully saturated rings. The minimum absolute atomic E-state index is 0.0394. The first kappa shape index (κ1) is 13.2. The average Bonchev–Trinajstić information content (AvgIpc) is 2.34. The van der Waals surface area contributed by atoms with Crippen molar-refractivity contribution in [3.8, 4) is 0 Å². The highest BCUT2D eigenvalue weighted by molar-refractivity contribution is 7.99. The highest BCUT2D eigenvalue weighted by atomic mass is 32.2. The SMILES string of the molecule is N/C(=N/O)c1nc(SCCO)ccc1[N+](=O)[O-]. The number of aromatic nitrogens is 1. The van der Waals surface area contributed by atoms with Gasteiger partial charge in [0.25, 0.3) is 5.69 Å². The molecule has 0 amide bonds. The van der Waals surface area contributed by atoms with Crippen molar-refractivity contribution in [3.63, 3.8) is 0 Å². The second kappa shape index (κ2) is 6.01. The van der Waals surface area contributed by atoms with Crippen LogP contribution in [0.15, 0.2) is 22.3 Å². The van der Waals surface area contributed by atoms with Crippen molar-refractivity contribution < 1.29 is 15.2 Å². The fourth-order valence-electron chi connectivity index (χ4n) is 1.05. The van der Waals surface area contributed by atoms with Crippen molar-refractivity contribution in [3.05, 3.63) is 27.9 Å². The van der Waals surface area contributed by atoms with Crippen LogP contribution in [0.25, 0.3) is 0 Å². The van der Waals surface area contributed by atoms with E-state index in [1.165, 1.54) is 23.9 Å². The summed E-state index contributed by atoms with van der Waals surface area (Å²) in [4.78, 5) is 13.9. The van der Waals surface area contributed by atoms with Gasteiger partial charge in [-0.15, -0.1) is 11.8 Å². The van der Waals surface area contributed by atoms with Gasteiger partial charge in [0.15, 0.2) is 11.5 Å². The number of nitrogens with zero attached hydrogens (tertiary/aromatic N) is 3. The van der Waals surface area contributed by atoms with Crippen molar-refractivity contribution >= 4 is 23.3 Å². The van der Waals surface area contributed by atoms with Gasteiger partial charge in [0.1, 0.15) is 0 Å². The third kappa shape index (κ3) is 3.29. The van der Waals surface area contributed by atoms with Gasteiger partial charge in [-0.3, -0.25) is 10.1 Å². The van der Waals surface area contributed by atoms with Crippen LogP contribution in [-0.2, 0) is 0 Å². The number of nitro groups is 1. The Labute approximate surface area is 100 Å². The van der Waals surface area contributed by atoms with Crippen molar-refractivity contribution in [1.29, 1.82) is 0 Å². The van der Waals surface area contributed by atoms with Gasteiger partial charge < -0.3 is 16.0 Å². The quantitative estimate of drug-likeness (QED) is 0.171. The van der Waals surface area contributed by atoms with E-state index >= 15 is 0 Å². The number of thioether (sulfide) groups is 1. The zero-order valence-electron chi connectivity index (χ0n) is 8.61. The summed E-state index contributed by atoms with van der Waals surface area (Å²) >= 11 is 1.21. The molecule has 1 aromatic rings.